The van der Waals surface area contributed by atoms with Gasteiger partial charge in [-0.2, -0.15) is 0 Å². The molecule has 0 saturated heterocycles. The van der Waals surface area contributed by atoms with Gasteiger partial charge in [0.1, 0.15) is 5.75 Å². The Morgan fingerprint density at radius 3 is 2.45 bits per heavy atom. The largest absolute Gasteiger partial charge is 0.496 e. The Morgan fingerprint density at radius 1 is 1.14 bits per heavy atom. The quantitative estimate of drug-likeness (QED) is 0.886. The second kappa shape index (κ2) is 7.43. The summed E-state index contributed by atoms with van der Waals surface area (Å²) in [5, 5.41) is 10.6. The highest BCUT2D eigenvalue weighted by atomic mass is 16.5. The van der Waals surface area contributed by atoms with Crippen LogP contribution in [0.25, 0.3) is 0 Å². The van der Waals surface area contributed by atoms with E-state index in [0.29, 0.717) is 6.54 Å². The zero-order chi connectivity index (χ0) is 16.1. The van der Waals surface area contributed by atoms with E-state index in [0.717, 1.165) is 29.0 Å². The van der Waals surface area contributed by atoms with Gasteiger partial charge in [0.05, 0.1) is 13.2 Å². The van der Waals surface area contributed by atoms with Gasteiger partial charge in [-0.25, -0.2) is 0 Å². The number of aliphatic hydroxyl groups excluding tert-OH is 1. The molecule has 2 aromatic carbocycles. The fourth-order valence-corrected chi connectivity index (χ4v) is 2.87. The van der Waals surface area contributed by atoms with Crippen LogP contribution in [0.4, 0.5) is 0 Å². The number of rotatable bonds is 6. The van der Waals surface area contributed by atoms with E-state index in [4.69, 9.17) is 4.74 Å². The minimum absolute atomic E-state index is 0.564. The number of likely N-dealkylation sites (N-methyl/N-ethyl adjacent to an activating group) is 1. The average molecular weight is 299 g/mol. The summed E-state index contributed by atoms with van der Waals surface area (Å²) in [7, 11) is 3.67. The van der Waals surface area contributed by atoms with E-state index in [-0.39, 0.29) is 0 Å². The van der Waals surface area contributed by atoms with E-state index in [1.807, 2.05) is 45.2 Å². The van der Waals surface area contributed by atoms with Crippen molar-refractivity contribution in [2.45, 2.75) is 26.5 Å². The smallest absolute Gasteiger partial charge is 0.127 e. The standard InChI is InChI=1S/C19H25NO2/c1-14-10-15(2)19(22-4)17(11-14)18(21)13-20(3)12-16-8-6-5-7-9-16/h5-11,18,21H,12-13H2,1-4H3. The first-order valence-electron chi connectivity index (χ1n) is 7.57. The number of aliphatic hydroxyl groups is 1. The Hall–Kier alpha value is -1.84. The molecule has 1 unspecified atom stereocenters. The van der Waals surface area contributed by atoms with E-state index >= 15 is 0 Å². The van der Waals surface area contributed by atoms with Gasteiger partial charge in [-0.1, -0.05) is 42.0 Å². The summed E-state index contributed by atoms with van der Waals surface area (Å²) < 4.78 is 5.47. The van der Waals surface area contributed by atoms with Crippen LogP contribution in [0.2, 0.25) is 0 Å². The van der Waals surface area contributed by atoms with Crippen molar-refractivity contribution in [1.82, 2.24) is 4.90 Å². The normalized spacial score (nSPS) is 12.5. The number of nitrogens with zero attached hydrogens (tertiary/aromatic N) is 1. The zero-order valence-electron chi connectivity index (χ0n) is 13.8. The van der Waals surface area contributed by atoms with Crippen LogP contribution in [0.1, 0.15) is 28.4 Å². The van der Waals surface area contributed by atoms with Crippen molar-refractivity contribution < 1.29 is 9.84 Å². The van der Waals surface area contributed by atoms with Gasteiger partial charge in [-0.15, -0.1) is 0 Å². The molecule has 0 saturated carbocycles. The maximum atomic E-state index is 10.6. The third-order valence-corrected chi connectivity index (χ3v) is 3.79. The molecule has 1 N–H and O–H groups in total. The highest BCUT2D eigenvalue weighted by molar-refractivity contribution is 5.45. The van der Waals surface area contributed by atoms with Gasteiger partial charge in [0.25, 0.3) is 0 Å². The van der Waals surface area contributed by atoms with Crippen LogP contribution in [-0.4, -0.2) is 30.7 Å². The van der Waals surface area contributed by atoms with Crippen LogP contribution in [0.15, 0.2) is 42.5 Å². The minimum atomic E-state index is -0.567. The summed E-state index contributed by atoms with van der Waals surface area (Å²) in [4.78, 5) is 2.12. The van der Waals surface area contributed by atoms with Crippen LogP contribution in [0, 0.1) is 13.8 Å². The van der Waals surface area contributed by atoms with Gasteiger partial charge >= 0.3 is 0 Å². The Bertz CT molecular complexity index is 610. The Labute approximate surface area is 133 Å². The molecule has 118 valence electrons. The number of methoxy groups -OCH3 is 1. The van der Waals surface area contributed by atoms with Crippen molar-refractivity contribution in [3.05, 3.63) is 64.7 Å². The van der Waals surface area contributed by atoms with Crippen LogP contribution >= 0.6 is 0 Å². The van der Waals surface area contributed by atoms with E-state index < -0.39 is 6.10 Å². The minimum Gasteiger partial charge on any atom is -0.496 e. The highest BCUT2D eigenvalue weighted by Crippen LogP contribution is 2.30. The number of aryl methyl sites for hydroxylation is 2. The lowest BCUT2D eigenvalue weighted by Gasteiger charge is -2.23. The third-order valence-electron chi connectivity index (χ3n) is 3.79. The molecule has 3 heteroatoms. The second-order valence-electron chi connectivity index (χ2n) is 5.90. The van der Waals surface area contributed by atoms with Gasteiger partial charge in [0.2, 0.25) is 0 Å². The number of hydrogen-bond donors (Lipinski definition) is 1. The second-order valence-corrected chi connectivity index (χ2v) is 5.90. The SMILES string of the molecule is COc1c(C)cc(C)cc1C(O)CN(C)Cc1ccccc1. The predicted molar refractivity (Wildman–Crippen MR) is 90.2 cm³/mol. The molecule has 1 atom stereocenters. The first-order valence-corrected chi connectivity index (χ1v) is 7.57. The van der Waals surface area contributed by atoms with Crippen LogP contribution in [-0.2, 0) is 6.54 Å². The molecular formula is C19H25NO2. The van der Waals surface area contributed by atoms with E-state index in [1.165, 1.54) is 5.56 Å². The summed E-state index contributed by atoms with van der Waals surface area (Å²) in [6, 6.07) is 14.4. The molecule has 0 aliphatic rings. The Morgan fingerprint density at radius 2 is 1.82 bits per heavy atom. The molecular weight excluding hydrogens is 274 g/mol. The van der Waals surface area contributed by atoms with E-state index in [9.17, 15) is 5.11 Å². The number of hydrogen-bond acceptors (Lipinski definition) is 3. The Kier molecular flexibility index (Phi) is 5.58. The van der Waals surface area contributed by atoms with Gasteiger partial charge < -0.3 is 9.84 Å². The summed E-state index contributed by atoms with van der Waals surface area (Å²) >= 11 is 0. The van der Waals surface area contributed by atoms with Crippen LogP contribution in [0.5, 0.6) is 5.75 Å². The van der Waals surface area contributed by atoms with Crippen molar-refractivity contribution in [2.75, 3.05) is 20.7 Å². The maximum Gasteiger partial charge on any atom is 0.127 e. The van der Waals surface area contributed by atoms with Crippen molar-refractivity contribution in [3.8, 4) is 5.75 Å². The lowest BCUT2D eigenvalue weighted by atomic mass is 10.0. The van der Waals surface area contributed by atoms with Crippen molar-refractivity contribution in [3.63, 3.8) is 0 Å². The van der Waals surface area contributed by atoms with Gasteiger partial charge in [0, 0.05) is 18.7 Å². The fraction of sp³-hybridized carbons (Fsp3) is 0.368. The van der Waals surface area contributed by atoms with Gasteiger partial charge in [0.15, 0.2) is 0 Å². The summed E-state index contributed by atoms with van der Waals surface area (Å²) in [5.74, 6) is 0.784. The first kappa shape index (κ1) is 16.5. The van der Waals surface area contributed by atoms with Gasteiger partial charge in [-0.3, -0.25) is 4.90 Å². The predicted octanol–water partition coefficient (Wildman–Crippen LogP) is 3.48. The maximum absolute atomic E-state index is 10.6. The van der Waals surface area contributed by atoms with Crippen LogP contribution in [0.3, 0.4) is 0 Å². The molecule has 0 fully saturated rings. The Balaban J connectivity index is 2.10. The number of ether oxygens (including phenoxy) is 1. The molecule has 2 aromatic rings. The first-order chi connectivity index (χ1) is 10.5. The lowest BCUT2D eigenvalue weighted by molar-refractivity contribution is 0.121. The monoisotopic (exact) mass is 299 g/mol. The molecule has 0 aromatic heterocycles. The van der Waals surface area contributed by atoms with Crippen molar-refractivity contribution >= 4 is 0 Å². The fourth-order valence-electron chi connectivity index (χ4n) is 2.87. The third kappa shape index (κ3) is 4.09. The molecule has 0 aliphatic carbocycles. The average Bonchev–Trinajstić information content (AvgIpc) is 2.47. The molecule has 0 bridgehead atoms. The zero-order valence-corrected chi connectivity index (χ0v) is 13.8. The summed E-state index contributed by atoms with van der Waals surface area (Å²) in [6.07, 6.45) is -0.567. The van der Waals surface area contributed by atoms with E-state index in [1.54, 1.807) is 7.11 Å². The summed E-state index contributed by atoms with van der Waals surface area (Å²) in [6.45, 7) is 5.42. The molecule has 3 nitrogen and oxygen atoms in total. The molecule has 0 amide bonds. The molecule has 0 heterocycles. The highest BCUT2D eigenvalue weighted by Gasteiger charge is 2.17. The van der Waals surface area contributed by atoms with Crippen molar-refractivity contribution in [2.24, 2.45) is 0 Å². The number of benzene rings is 2. The van der Waals surface area contributed by atoms with Crippen LogP contribution < -0.4 is 4.74 Å². The van der Waals surface area contributed by atoms with Crippen molar-refractivity contribution in [1.29, 1.82) is 0 Å². The van der Waals surface area contributed by atoms with E-state index in [2.05, 4.69) is 23.1 Å². The molecule has 0 spiro atoms. The van der Waals surface area contributed by atoms with Gasteiger partial charge in [-0.05, 0) is 38.1 Å². The molecule has 2 rings (SSSR count). The molecule has 0 aliphatic heterocycles. The lowest BCUT2D eigenvalue weighted by Crippen LogP contribution is -2.24. The summed E-state index contributed by atoms with van der Waals surface area (Å²) in [5.41, 5.74) is 4.30. The topological polar surface area (TPSA) is 32.7 Å². The molecule has 22 heavy (non-hydrogen) atoms. The molecule has 0 radical (unpaired) electrons.